The Labute approximate surface area is 193 Å². The van der Waals surface area contributed by atoms with E-state index in [2.05, 4.69) is 0 Å². The molecular weight excluding hydrogens is 418 g/mol. The van der Waals surface area contributed by atoms with Crippen LogP contribution >= 0.6 is 0 Å². The second-order valence-electron chi connectivity index (χ2n) is 8.31. The van der Waals surface area contributed by atoms with E-state index < -0.39 is 18.0 Å². The van der Waals surface area contributed by atoms with Crippen molar-refractivity contribution in [2.24, 2.45) is 11.7 Å². The van der Waals surface area contributed by atoms with Gasteiger partial charge in [-0.2, -0.15) is 0 Å². The summed E-state index contributed by atoms with van der Waals surface area (Å²) in [6.45, 7) is 7.51. The summed E-state index contributed by atoms with van der Waals surface area (Å²) in [6, 6.07) is 17.3. The summed E-state index contributed by atoms with van der Waals surface area (Å²) < 4.78 is 11.1. The van der Waals surface area contributed by atoms with Crippen LogP contribution in [0.4, 0.5) is 0 Å². The van der Waals surface area contributed by atoms with Crippen molar-refractivity contribution in [2.45, 2.75) is 33.7 Å². The van der Waals surface area contributed by atoms with E-state index in [-0.39, 0.29) is 28.8 Å². The van der Waals surface area contributed by atoms with Crippen LogP contribution in [-0.4, -0.2) is 23.8 Å². The molecular formula is C27H27NO5. The Hall–Kier alpha value is -3.77. The molecule has 0 saturated heterocycles. The van der Waals surface area contributed by atoms with E-state index in [0.29, 0.717) is 11.1 Å². The predicted molar refractivity (Wildman–Crippen MR) is 126 cm³/mol. The summed E-state index contributed by atoms with van der Waals surface area (Å²) >= 11 is 0. The molecule has 0 spiro atoms. The molecule has 33 heavy (non-hydrogen) atoms. The molecule has 0 aromatic heterocycles. The van der Waals surface area contributed by atoms with E-state index in [1.165, 1.54) is 18.2 Å². The average Bonchev–Trinajstić information content (AvgIpc) is 2.79. The summed E-state index contributed by atoms with van der Waals surface area (Å²) in [5.41, 5.74) is 8.94. The van der Waals surface area contributed by atoms with E-state index in [1.807, 2.05) is 27.7 Å². The molecule has 1 unspecified atom stereocenters. The fraction of sp³-hybridized carbons (Fsp3) is 0.222. The van der Waals surface area contributed by atoms with Crippen LogP contribution in [0.3, 0.4) is 0 Å². The van der Waals surface area contributed by atoms with Gasteiger partial charge in [0.1, 0.15) is 0 Å². The summed E-state index contributed by atoms with van der Waals surface area (Å²) in [4.78, 5) is 38.1. The Morgan fingerprint density at radius 1 is 0.667 bits per heavy atom. The highest BCUT2D eigenvalue weighted by Crippen LogP contribution is 2.31. The number of ketones is 1. The highest BCUT2D eigenvalue weighted by Gasteiger charge is 2.23. The Kier molecular flexibility index (Phi) is 7.41. The first-order valence-corrected chi connectivity index (χ1v) is 10.7. The van der Waals surface area contributed by atoms with Gasteiger partial charge in [0.05, 0.1) is 17.2 Å². The van der Waals surface area contributed by atoms with E-state index >= 15 is 0 Å². The van der Waals surface area contributed by atoms with Gasteiger partial charge in [-0.15, -0.1) is 0 Å². The number of hydrogen-bond donors (Lipinski definition) is 1. The van der Waals surface area contributed by atoms with Crippen molar-refractivity contribution >= 4 is 17.7 Å². The van der Waals surface area contributed by atoms with Crippen molar-refractivity contribution in [1.82, 2.24) is 0 Å². The zero-order chi connectivity index (χ0) is 24.1. The highest BCUT2D eigenvalue weighted by molar-refractivity contribution is 6.01. The molecule has 2 N–H and O–H groups in total. The number of carbonyl (C=O) groups is 3. The molecule has 0 fully saturated rings. The van der Waals surface area contributed by atoms with Crippen molar-refractivity contribution in [3.05, 3.63) is 94.5 Å². The maximum Gasteiger partial charge on any atom is 0.343 e. The van der Waals surface area contributed by atoms with Crippen LogP contribution in [0.5, 0.6) is 11.5 Å². The molecule has 0 saturated carbocycles. The lowest BCUT2D eigenvalue weighted by Gasteiger charge is -2.16. The quantitative estimate of drug-likeness (QED) is 0.315. The Morgan fingerprint density at radius 3 is 1.55 bits per heavy atom. The van der Waals surface area contributed by atoms with Crippen molar-refractivity contribution in [2.75, 3.05) is 0 Å². The van der Waals surface area contributed by atoms with Crippen LogP contribution in [-0.2, 0) is 0 Å². The SMILES string of the molecule is Cc1ccc(C(=O)Oc2ccc(C(=O)C(N)C(C)C)cc2OC(=O)c2ccc(C)cc2)cc1. The van der Waals surface area contributed by atoms with Crippen molar-refractivity contribution < 1.29 is 23.9 Å². The monoisotopic (exact) mass is 445 g/mol. The minimum atomic E-state index is -0.716. The molecule has 0 amide bonds. The number of esters is 2. The van der Waals surface area contributed by atoms with Gasteiger partial charge in [-0.3, -0.25) is 4.79 Å². The minimum Gasteiger partial charge on any atom is -0.419 e. The van der Waals surface area contributed by atoms with Gasteiger partial charge in [0.2, 0.25) is 0 Å². The lowest BCUT2D eigenvalue weighted by atomic mass is 9.96. The van der Waals surface area contributed by atoms with E-state index in [4.69, 9.17) is 15.2 Å². The molecule has 1 atom stereocenters. The van der Waals surface area contributed by atoms with Gasteiger partial charge < -0.3 is 15.2 Å². The summed E-state index contributed by atoms with van der Waals surface area (Å²) in [6.07, 6.45) is 0. The lowest BCUT2D eigenvalue weighted by Crippen LogP contribution is -2.35. The smallest absolute Gasteiger partial charge is 0.343 e. The lowest BCUT2D eigenvalue weighted by molar-refractivity contribution is 0.0682. The number of rotatable bonds is 7. The average molecular weight is 446 g/mol. The fourth-order valence-corrected chi connectivity index (χ4v) is 3.02. The largest absolute Gasteiger partial charge is 0.419 e. The number of ether oxygens (including phenoxy) is 2. The number of aryl methyl sites for hydroxylation is 2. The Balaban J connectivity index is 1.94. The molecule has 0 aliphatic heterocycles. The molecule has 6 heteroatoms. The first-order valence-electron chi connectivity index (χ1n) is 10.7. The van der Waals surface area contributed by atoms with Gasteiger partial charge in [0.15, 0.2) is 17.3 Å². The van der Waals surface area contributed by atoms with Gasteiger partial charge in [-0.1, -0.05) is 49.2 Å². The zero-order valence-electron chi connectivity index (χ0n) is 19.1. The molecule has 0 aliphatic carbocycles. The number of carbonyl (C=O) groups excluding carboxylic acids is 3. The summed E-state index contributed by atoms with van der Waals surface area (Å²) in [5.74, 6) is -1.64. The molecule has 6 nitrogen and oxygen atoms in total. The van der Waals surface area contributed by atoms with Gasteiger partial charge >= 0.3 is 11.9 Å². The Morgan fingerprint density at radius 2 is 1.09 bits per heavy atom. The normalized spacial score (nSPS) is 11.7. The van der Waals surface area contributed by atoms with Crippen molar-refractivity contribution in [1.29, 1.82) is 0 Å². The molecule has 0 aliphatic rings. The molecule has 170 valence electrons. The minimum absolute atomic E-state index is 0.0238. The number of benzene rings is 3. The van der Waals surface area contributed by atoms with Gasteiger partial charge in [-0.05, 0) is 62.2 Å². The molecule has 3 aromatic rings. The first kappa shape index (κ1) is 23.9. The maximum absolute atomic E-state index is 12.7. The summed E-state index contributed by atoms with van der Waals surface area (Å²) in [5, 5.41) is 0. The topological polar surface area (TPSA) is 95.7 Å². The van der Waals surface area contributed by atoms with Crippen LogP contribution in [0.1, 0.15) is 56.0 Å². The number of nitrogens with two attached hydrogens (primary N) is 1. The van der Waals surface area contributed by atoms with Crippen LogP contribution in [0.2, 0.25) is 0 Å². The fourth-order valence-electron chi connectivity index (χ4n) is 3.02. The van der Waals surface area contributed by atoms with Crippen LogP contribution in [0, 0.1) is 19.8 Å². The van der Waals surface area contributed by atoms with Gasteiger partial charge in [0.25, 0.3) is 0 Å². The van der Waals surface area contributed by atoms with Crippen LogP contribution in [0.15, 0.2) is 66.7 Å². The molecule has 3 rings (SSSR count). The zero-order valence-corrected chi connectivity index (χ0v) is 19.1. The third-order valence-electron chi connectivity index (χ3n) is 5.23. The van der Waals surface area contributed by atoms with Gasteiger partial charge in [-0.25, -0.2) is 9.59 Å². The Bertz CT molecular complexity index is 1160. The second kappa shape index (κ2) is 10.2. The number of hydrogen-bond acceptors (Lipinski definition) is 6. The predicted octanol–water partition coefficient (Wildman–Crippen LogP) is 4.91. The van der Waals surface area contributed by atoms with Crippen LogP contribution < -0.4 is 15.2 Å². The number of Topliss-reactive ketones (excluding diaryl/α,β-unsaturated/α-hetero) is 1. The van der Waals surface area contributed by atoms with E-state index in [1.54, 1.807) is 48.5 Å². The first-order chi connectivity index (χ1) is 15.7. The summed E-state index contributed by atoms with van der Waals surface area (Å²) in [7, 11) is 0. The third-order valence-corrected chi connectivity index (χ3v) is 5.23. The highest BCUT2D eigenvalue weighted by atomic mass is 16.6. The molecule has 0 heterocycles. The van der Waals surface area contributed by atoms with E-state index in [0.717, 1.165) is 11.1 Å². The van der Waals surface area contributed by atoms with E-state index in [9.17, 15) is 14.4 Å². The van der Waals surface area contributed by atoms with Crippen molar-refractivity contribution in [3.63, 3.8) is 0 Å². The van der Waals surface area contributed by atoms with Gasteiger partial charge in [0, 0.05) is 5.56 Å². The molecule has 3 aromatic carbocycles. The molecule has 0 radical (unpaired) electrons. The molecule has 0 bridgehead atoms. The van der Waals surface area contributed by atoms with Crippen LogP contribution in [0.25, 0.3) is 0 Å². The second-order valence-corrected chi connectivity index (χ2v) is 8.31. The van der Waals surface area contributed by atoms with Crippen molar-refractivity contribution in [3.8, 4) is 11.5 Å². The third kappa shape index (κ3) is 5.93. The standard InChI is InChI=1S/C27H27NO5/c1-16(2)24(28)25(29)21-13-14-22(32-26(30)19-9-5-17(3)6-10-19)23(15-21)33-27(31)20-11-7-18(4)8-12-20/h5-16,24H,28H2,1-4H3. The maximum atomic E-state index is 12.7.